The van der Waals surface area contributed by atoms with E-state index in [4.69, 9.17) is 0 Å². The molecule has 0 fully saturated rings. The molecule has 0 saturated carbocycles. The van der Waals surface area contributed by atoms with Crippen LogP contribution >= 0.6 is 0 Å². The van der Waals surface area contributed by atoms with Crippen LogP contribution in [0.15, 0.2) is 24.3 Å². The highest BCUT2D eigenvalue weighted by Gasteiger charge is 2.35. The molecule has 0 aromatic heterocycles. The van der Waals surface area contributed by atoms with Crippen molar-refractivity contribution in [3.63, 3.8) is 0 Å². The second kappa shape index (κ2) is 4.87. The van der Waals surface area contributed by atoms with Gasteiger partial charge in [0.2, 0.25) is 0 Å². The lowest BCUT2D eigenvalue weighted by Crippen LogP contribution is -2.12. The summed E-state index contributed by atoms with van der Waals surface area (Å²) in [4.78, 5) is 0. The Bertz CT molecular complexity index is 782. The van der Waals surface area contributed by atoms with Gasteiger partial charge in [-0.2, -0.15) is 13.2 Å². The van der Waals surface area contributed by atoms with E-state index >= 15 is 0 Å². The van der Waals surface area contributed by atoms with Crippen LogP contribution in [0.2, 0.25) is 0 Å². The normalized spacial score (nSPS) is 17.4. The van der Waals surface area contributed by atoms with Gasteiger partial charge in [0.25, 0.3) is 0 Å². The number of benzene rings is 2. The predicted molar refractivity (Wildman–Crippen MR) is 82.9 cm³/mol. The maximum absolute atomic E-state index is 13.6. The summed E-state index contributed by atoms with van der Waals surface area (Å²) in [7, 11) is 0. The minimum atomic E-state index is -4.30. The molecule has 2 aliphatic carbocycles. The number of alkyl halides is 3. The van der Waals surface area contributed by atoms with E-state index in [1.165, 1.54) is 6.07 Å². The van der Waals surface area contributed by atoms with Crippen molar-refractivity contribution in [1.82, 2.24) is 0 Å². The van der Waals surface area contributed by atoms with E-state index in [2.05, 4.69) is 6.07 Å². The molecular weight excluding hydrogens is 285 g/mol. The first-order valence-electron chi connectivity index (χ1n) is 7.90. The first kappa shape index (κ1) is 13.9. The van der Waals surface area contributed by atoms with Crippen LogP contribution < -0.4 is 0 Å². The second-order valence-electron chi connectivity index (χ2n) is 6.26. The Morgan fingerprint density at radius 2 is 1.73 bits per heavy atom. The molecule has 2 aromatic carbocycles. The molecule has 0 heterocycles. The molecule has 4 rings (SSSR count). The number of halogens is 3. The van der Waals surface area contributed by atoms with Gasteiger partial charge >= 0.3 is 6.18 Å². The molecule has 0 saturated heterocycles. The highest BCUT2D eigenvalue weighted by atomic mass is 19.4. The van der Waals surface area contributed by atoms with Crippen LogP contribution in [0.5, 0.6) is 0 Å². The summed E-state index contributed by atoms with van der Waals surface area (Å²) in [6.45, 7) is 0. The van der Waals surface area contributed by atoms with Gasteiger partial charge < -0.3 is 0 Å². The van der Waals surface area contributed by atoms with E-state index in [1.54, 1.807) is 0 Å². The summed E-state index contributed by atoms with van der Waals surface area (Å²) >= 11 is 0. The monoisotopic (exact) mass is 302 g/mol. The molecular formula is C19H17F3. The molecule has 22 heavy (non-hydrogen) atoms. The number of hydrogen-bond acceptors (Lipinski definition) is 0. The van der Waals surface area contributed by atoms with Gasteiger partial charge in [-0.15, -0.1) is 0 Å². The van der Waals surface area contributed by atoms with E-state index < -0.39 is 11.7 Å². The zero-order valence-corrected chi connectivity index (χ0v) is 12.3. The van der Waals surface area contributed by atoms with E-state index in [1.807, 2.05) is 18.2 Å². The van der Waals surface area contributed by atoms with E-state index in [9.17, 15) is 13.2 Å². The lowest BCUT2D eigenvalue weighted by atomic mass is 9.82. The Balaban J connectivity index is 2.14. The van der Waals surface area contributed by atoms with Gasteiger partial charge in [-0.3, -0.25) is 0 Å². The van der Waals surface area contributed by atoms with Crippen molar-refractivity contribution in [3.8, 4) is 0 Å². The number of rotatable bonds is 0. The quantitative estimate of drug-likeness (QED) is 0.586. The standard InChI is InChI=1S/C19H17F3/c20-19(21,22)17-11-13-6-2-3-7-14(13)16-10-9-12-5-1-4-8-15(12)18(16)17/h2,6,9-11H,1,3-5,7-8H2. The Hall–Kier alpha value is -1.77. The largest absolute Gasteiger partial charge is 0.417 e. The summed E-state index contributed by atoms with van der Waals surface area (Å²) in [6.07, 6.45) is 4.98. The lowest BCUT2D eigenvalue weighted by molar-refractivity contribution is -0.136. The lowest BCUT2D eigenvalue weighted by Gasteiger charge is -2.24. The van der Waals surface area contributed by atoms with E-state index in [0.717, 1.165) is 66.2 Å². The fourth-order valence-corrected chi connectivity index (χ4v) is 3.95. The Labute approximate surface area is 127 Å². The van der Waals surface area contributed by atoms with Crippen molar-refractivity contribution >= 4 is 16.8 Å². The van der Waals surface area contributed by atoms with Crippen molar-refractivity contribution in [1.29, 1.82) is 0 Å². The van der Waals surface area contributed by atoms with Crippen LogP contribution in [0.25, 0.3) is 16.8 Å². The number of aryl methyl sites for hydroxylation is 3. The average molecular weight is 302 g/mol. The molecule has 0 N–H and O–H groups in total. The van der Waals surface area contributed by atoms with E-state index in [0.29, 0.717) is 5.39 Å². The minimum absolute atomic E-state index is 0.452. The van der Waals surface area contributed by atoms with Gasteiger partial charge in [-0.1, -0.05) is 24.3 Å². The second-order valence-corrected chi connectivity index (χ2v) is 6.26. The summed E-state index contributed by atoms with van der Waals surface area (Å²) in [5.74, 6) is 0. The molecule has 3 heteroatoms. The van der Waals surface area contributed by atoms with Crippen LogP contribution in [0.1, 0.15) is 47.1 Å². The zero-order chi connectivity index (χ0) is 15.3. The molecule has 2 aliphatic rings. The molecule has 0 spiro atoms. The highest BCUT2D eigenvalue weighted by molar-refractivity contribution is 5.95. The first-order chi connectivity index (χ1) is 10.6. The molecule has 2 aromatic rings. The van der Waals surface area contributed by atoms with E-state index in [-0.39, 0.29) is 0 Å². The van der Waals surface area contributed by atoms with Crippen molar-refractivity contribution in [2.75, 3.05) is 0 Å². The SMILES string of the molecule is FC(F)(F)c1cc2c(c3ccc4c(c13)CCCC4)CCC=C2. The number of hydrogen-bond donors (Lipinski definition) is 0. The third-order valence-corrected chi connectivity index (χ3v) is 4.94. The Morgan fingerprint density at radius 1 is 0.909 bits per heavy atom. The maximum atomic E-state index is 13.6. The molecule has 0 amide bonds. The van der Waals surface area contributed by atoms with Crippen molar-refractivity contribution in [2.24, 2.45) is 0 Å². The fourth-order valence-electron chi connectivity index (χ4n) is 3.95. The van der Waals surface area contributed by atoms with Crippen LogP contribution in [0.3, 0.4) is 0 Å². The average Bonchev–Trinajstić information content (AvgIpc) is 2.52. The molecule has 0 nitrogen and oxygen atoms in total. The number of fused-ring (bicyclic) bond motifs is 5. The maximum Gasteiger partial charge on any atom is 0.417 e. The van der Waals surface area contributed by atoms with Gasteiger partial charge in [-0.25, -0.2) is 0 Å². The van der Waals surface area contributed by atoms with Crippen LogP contribution in [-0.2, 0) is 25.4 Å². The van der Waals surface area contributed by atoms with Crippen LogP contribution in [-0.4, -0.2) is 0 Å². The number of allylic oxidation sites excluding steroid dienone is 1. The third-order valence-electron chi connectivity index (χ3n) is 4.94. The summed E-state index contributed by atoms with van der Waals surface area (Å²) in [5, 5.41) is 1.29. The van der Waals surface area contributed by atoms with Gasteiger partial charge in [0.05, 0.1) is 5.56 Å². The van der Waals surface area contributed by atoms with Gasteiger partial charge in [0, 0.05) is 0 Å². The van der Waals surface area contributed by atoms with Crippen molar-refractivity contribution < 1.29 is 13.2 Å². The van der Waals surface area contributed by atoms with Crippen molar-refractivity contribution in [3.05, 3.63) is 52.1 Å². The smallest absolute Gasteiger partial charge is 0.166 e. The first-order valence-corrected chi connectivity index (χ1v) is 7.90. The fraction of sp³-hybridized carbons (Fsp3) is 0.368. The highest BCUT2D eigenvalue weighted by Crippen LogP contribution is 2.42. The topological polar surface area (TPSA) is 0 Å². The summed E-state index contributed by atoms with van der Waals surface area (Å²) < 4.78 is 40.9. The Kier molecular flexibility index (Phi) is 3.07. The molecule has 0 atom stereocenters. The molecule has 114 valence electrons. The third kappa shape index (κ3) is 2.06. The van der Waals surface area contributed by atoms with Crippen molar-refractivity contribution in [2.45, 2.75) is 44.7 Å². The Morgan fingerprint density at radius 3 is 2.55 bits per heavy atom. The van der Waals surface area contributed by atoms with Crippen LogP contribution in [0.4, 0.5) is 13.2 Å². The molecule has 0 aliphatic heterocycles. The molecule has 0 unspecified atom stereocenters. The predicted octanol–water partition coefficient (Wildman–Crippen LogP) is 5.70. The molecule has 0 radical (unpaired) electrons. The van der Waals surface area contributed by atoms with Gasteiger partial charge in [-0.05, 0) is 77.6 Å². The summed E-state index contributed by atoms with van der Waals surface area (Å²) in [6, 6.07) is 5.34. The van der Waals surface area contributed by atoms with Crippen LogP contribution in [0, 0.1) is 0 Å². The zero-order valence-electron chi connectivity index (χ0n) is 12.3. The van der Waals surface area contributed by atoms with Gasteiger partial charge in [0.1, 0.15) is 0 Å². The summed E-state index contributed by atoms with van der Waals surface area (Å²) in [5.41, 5.74) is 3.41. The minimum Gasteiger partial charge on any atom is -0.166 e. The van der Waals surface area contributed by atoms with Gasteiger partial charge in [0.15, 0.2) is 0 Å². The molecule has 0 bridgehead atoms.